The second-order valence-electron chi connectivity index (χ2n) is 2.17. The zero-order valence-electron chi connectivity index (χ0n) is 6.44. The molecule has 1 aromatic rings. The van der Waals surface area contributed by atoms with Gasteiger partial charge in [0.15, 0.2) is 12.4 Å². The molecule has 57 valence electrons. The van der Waals surface area contributed by atoms with Crippen molar-refractivity contribution in [2.75, 3.05) is 5.75 Å². The van der Waals surface area contributed by atoms with E-state index in [-0.39, 0.29) is 32.7 Å². The minimum Gasteiger partial charge on any atom is -0.792 e. The van der Waals surface area contributed by atoms with Crippen molar-refractivity contribution in [3.05, 3.63) is 30.6 Å². The molecule has 1 nitrogen and oxygen atoms in total. The number of nitrogens with zero attached hydrogens (tertiary/aromatic N) is 1. The predicted molar refractivity (Wildman–Crippen MR) is 43.5 cm³/mol. The third-order valence-electron chi connectivity index (χ3n) is 1.34. The molecule has 0 saturated heterocycles. The molecule has 1 rings (SSSR count). The van der Waals surface area contributed by atoms with Gasteiger partial charge >= 0.3 is 0 Å². The number of hydrogen-bond acceptors (Lipinski definition) is 1. The molecule has 1 aromatic heterocycles. The van der Waals surface area contributed by atoms with Crippen molar-refractivity contribution in [1.29, 1.82) is 0 Å². The molecule has 0 bridgehead atoms. The van der Waals surface area contributed by atoms with Crippen molar-refractivity contribution >= 4 is 12.6 Å². The van der Waals surface area contributed by atoms with Crippen LogP contribution in [0.4, 0.5) is 0 Å². The Bertz CT molecular complexity index is 179. The summed E-state index contributed by atoms with van der Waals surface area (Å²) >= 11 is 4.84. The Hall–Kier alpha value is 0.604. The van der Waals surface area contributed by atoms with Gasteiger partial charge in [0.25, 0.3) is 0 Å². The maximum Gasteiger partial charge on any atom is 0.168 e. The van der Waals surface area contributed by atoms with Crippen LogP contribution >= 0.6 is 0 Å². The summed E-state index contributed by atoms with van der Waals surface area (Å²) in [6, 6.07) is 6.08. The van der Waals surface area contributed by atoms with Gasteiger partial charge < -0.3 is 12.6 Å². The van der Waals surface area contributed by atoms with Crippen LogP contribution in [0.25, 0.3) is 0 Å². The molecule has 0 N–H and O–H groups in total. The van der Waals surface area contributed by atoms with Crippen LogP contribution in [0.15, 0.2) is 30.6 Å². The Labute approximate surface area is 98.5 Å². The van der Waals surface area contributed by atoms with Crippen LogP contribution in [-0.4, -0.2) is 5.75 Å². The summed E-state index contributed by atoms with van der Waals surface area (Å²) in [5, 5.41) is 0. The van der Waals surface area contributed by atoms with Crippen LogP contribution in [0.5, 0.6) is 0 Å². The Morgan fingerprint density at radius 3 is 2.27 bits per heavy atom. The fourth-order valence-electron chi connectivity index (χ4n) is 0.831. The molecule has 0 aliphatic carbocycles. The fourth-order valence-corrected chi connectivity index (χ4v) is 0.960. The standard InChI is InChI=1S/C8H11NS.Y/c10-8-4-7-9-5-2-1-3-6-9;/h1-3,5-6H,4,7-8H2;. The van der Waals surface area contributed by atoms with Gasteiger partial charge in [0.05, 0.1) is 0 Å². The van der Waals surface area contributed by atoms with Gasteiger partial charge in [-0.1, -0.05) is 6.07 Å². The summed E-state index contributed by atoms with van der Waals surface area (Å²) in [6.07, 6.45) is 5.21. The van der Waals surface area contributed by atoms with Crippen molar-refractivity contribution in [1.82, 2.24) is 0 Å². The average Bonchev–Trinajstić information content (AvgIpc) is 2.03. The maximum absolute atomic E-state index is 4.84. The summed E-state index contributed by atoms with van der Waals surface area (Å²) < 4.78 is 2.15. The Balaban J connectivity index is 0.000001000. The van der Waals surface area contributed by atoms with Gasteiger partial charge in [0, 0.05) is 44.8 Å². The molecule has 0 aliphatic rings. The van der Waals surface area contributed by atoms with Gasteiger partial charge in [-0.05, 0) is 6.42 Å². The topological polar surface area (TPSA) is 3.88 Å². The molecule has 0 amide bonds. The average molecular weight is 242 g/mol. The summed E-state index contributed by atoms with van der Waals surface area (Å²) in [4.78, 5) is 0. The van der Waals surface area contributed by atoms with Crippen molar-refractivity contribution in [3.8, 4) is 0 Å². The number of rotatable bonds is 3. The maximum atomic E-state index is 4.84. The van der Waals surface area contributed by atoms with E-state index in [1.165, 1.54) is 0 Å². The molecule has 0 aliphatic heterocycles. The van der Waals surface area contributed by atoms with Gasteiger partial charge in [0.2, 0.25) is 0 Å². The summed E-state index contributed by atoms with van der Waals surface area (Å²) in [6.45, 7) is 1.05. The molecular weight excluding hydrogens is 231 g/mol. The molecule has 1 radical (unpaired) electrons. The predicted octanol–water partition coefficient (Wildman–Crippen LogP) is 0.909. The van der Waals surface area contributed by atoms with E-state index in [1.54, 1.807) is 0 Å². The summed E-state index contributed by atoms with van der Waals surface area (Å²) in [5.74, 6) is 0.849. The Morgan fingerprint density at radius 1 is 1.09 bits per heavy atom. The molecule has 1 heterocycles. The minimum atomic E-state index is 0. The third-order valence-corrected chi connectivity index (χ3v) is 1.63. The second-order valence-corrected chi connectivity index (χ2v) is 2.58. The van der Waals surface area contributed by atoms with Crippen LogP contribution in [0.2, 0.25) is 0 Å². The Morgan fingerprint density at radius 2 is 1.73 bits per heavy atom. The van der Waals surface area contributed by atoms with E-state index in [4.69, 9.17) is 12.6 Å². The van der Waals surface area contributed by atoms with Gasteiger partial charge in [0.1, 0.15) is 6.54 Å². The van der Waals surface area contributed by atoms with E-state index in [0.717, 1.165) is 18.7 Å². The molecule has 0 spiro atoms. The molecule has 0 aromatic carbocycles. The summed E-state index contributed by atoms with van der Waals surface area (Å²) in [5.41, 5.74) is 0. The van der Waals surface area contributed by atoms with Crippen molar-refractivity contribution < 1.29 is 37.3 Å². The largest absolute Gasteiger partial charge is 0.792 e. The van der Waals surface area contributed by atoms with Crippen LogP contribution in [-0.2, 0) is 51.9 Å². The molecular formula is C8H11NSY. The number of aryl methyl sites for hydroxylation is 1. The molecule has 3 heteroatoms. The first-order valence-electron chi connectivity index (χ1n) is 3.45. The quantitative estimate of drug-likeness (QED) is 0.563. The van der Waals surface area contributed by atoms with E-state index in [1.807, 2.05) is 18.2 Å². The van der Waals surface area contributed by atoms with Gasteiger partial charge in [-0.2, -0.15) is 5.75 Å². The molecule has 0 fully saturated rings. The van der Waals surface area contributed by atoms with Gasteiger partial charge in [-0.15, -0.1) is 0 Å². The minimum absolute atomic E-state index is 0. The van der Waals surface area contributed by atoms with Crippen molar-refractivity contribution in [2.45, 2.75) is 13.0 Å². The normalized spacial score (nSPS) is 8.82. The fraction of sp³-hybridized carbons (Fsp3) is 0.375. The van der Waals surface area contributed by atoms with Crippen LogP contribution < -0.4 is 4.57 Å². The van der Waals surface area contributed by atoms with Gasteiger partial charge in [-0.3, -0.25) is 0 Å². The first-order valence-corrected chi connectivity index (χ1v) is 4.03. The Kier molecular flexibility index (Phi) is 7.66. The van der Waals surface area contributed by atoms with Crippen molar-refractivity contribution in [3.63, 3.8) is 0 Å². The number of pyridine rings is 1. The smallest absolute Gasteiger partial charge is 0.168 e. The molecule has 11 heavy (non-hydrogen) atoms. The molecule has 0 saturated carbocycles. The monoisotopic (exact) mass is 242 g/mol. The second kappa shape index (κ2) is 7.26. The zero-order chi connectivity index (χ0) is 7.23. The van der Waals surface area contributed by atoms with Crippen LogP contribution in [0.1, 0.15) is 6.42 Å². The zero-order valence-corrected chi connectivity index (χ0v) is 10.1. The molecule has 0 atom stereocenters. The SMILES string of the molecule is [S-]CCC[n+]1ccccc1.[Y]. The first-order chi connectivity index (χ1) is 4.93. The number of hydrogen-bond donors (Lipinski definition) is 0. The van der Waals surface area contributed by atoms with E-state index >= 15 is 0 Å². The first kappa shape index (κ1) is 11.6. The van der Waals surface area contributed by atoms with Crippen LogP contribution in [0, 0.1) is 0 Å². The van der Waals surface area contributed by atoms with Gasteiger partial charge in [-0.25, -0.2) is 4.57 Å². The molecule has 0 unspecified atom stereocenters. The van der Waals surface area contributed by atoms with Crippen LogP contribution in [0.3, 0.4) is 0 Å². The van der Waals surface area contributed by atoms with Crippen molar-refractivity contribution in [2.24, 2.45) is 0 Å². The van der Waals surface area contributed by atoms with E-state index in [0.29, 0.717) is 0 Å². The van der Waals surface area contributed by atoms with E-state index in [2.05, 4.69) is 17.0 Å². The summed E-state index contributed by atoms with van der Waals surface area (Å²) in [7, 11) is 0. The third kappa shape index (κ3) is 4.94. The number of aromatic nitrogens is 1. The van der Waals surface area contributed by atoms with E-state index in [9.17, 15) is 0 Å². The van der Waals surface area contributed by atoms with E-state index < -0.39 is 0 Å².